The predicted octanol–water partition coefficient (Wildman–Crippen LogP) is 5.87. The minimum absolute atomic E-state index is 0.218. The van der Waals surface area contributed by atoms with Crippen LogP contribution in [0.15, 0.2) is 30.3 Å². The minimum Gasteiger partial charge on any atom is -0.490 e. The molecule has 0 radical (unpaired) electrons. The standard InChI is InChI=1S/C22H28O7/c1-4-7-13-26-21(23)28-18-15-19(25-6-3)20(17-12-10-9-11-16(17)18)29-22(24)27-14-8-5-2/h9-12,15H,4-8,13-14H2,1-3H3. The summed E-state index contributed by atoms with van der Waals surface area (Å²) in [7, 11) is 0. The molecule has 158 valence electrons. The summed E-state index contributed by atoms with van der Waals surface area (Å²) in [5.74, 6) is 0.753. The maximum Gasteiger partial charge on any atom is 0.513 e. The lowest BCUT2D eigenvalue weighted by Crippen LogP contribution is -2.14. The molecule has 0 saturated heterocycles. The Hall–Kier alpha value is -2.96. The third-order valence-corrected chi connectivity index (χ3v) is 4.04. The zero-order valence-corrected chi connectivity index (χ0v) is 17.2. The van der Waals surface area contributed by atoms with Gasteiger partial charge in [0.2, 0.25) is 0 Å². The average molecular weight is 404 g/mol. The van der Waals surface area contributed by atoms with Gasteiger partial charge in [0.05, 0.1) is 19.8 Å². The summed E-state index contributed by atoms with van der Waals surface area (Å²) in [6, 6.07) is 8.61. The molecular weight excluding hydrogens is 376 g/mol. The Morgan fingerprint density at radius 3 is 1.97 bits per heavy atom. The highest BCUT2D eigenvalue weighted by atomic mass is 16.7. The molecule has 0 saturated carbocycles. The first-order valence-corrected chi connectivity index (χ1v) is 9.98. The fourth-order valence-corrected chi connectivity index (χ4v) is 2.58. The van der Waals surface area contributed by atoms with Crippen molar-refractivity contribution in [1.82, 2.24) is 0 Å². The van der Waals surface area contributed by atoms with Crippen molar-refractivity contribution >= 4 is 23.1 Å². The van der Waals surface area contributed by atoms with Crippen LogP contribution in [0.1, 0.15) is 46.5 Å². The van der Waals surface area contributed by atoms with Gasteiger partial charge >= 0.3 is 12.3 Å². The van der Waals surface area contributed by atoms with Gasteiger partial charge in [0, 0.05) is 16.8 Å². The highest BCUT2D eigenvalue weighted by Crippen LogP contribution is 2.42. The van der Waals surface area contributed by atoms with E-state index in [2.05, 4.69) is 0 Å². The summed E-state index contributed by atoms with van der Waals surface area (Å²) in [6.07, 6.45) is 1.72. The predicted molar refractivity (Wildman–Crippen MR) is 109 cm³/mol. The van der Waals surface area contributed by atoms with Crippen molar-refractivity contribution in [3.63, 3.8) is 0 Å². The number of hydrogen-bond acceptors (Lipinski definition) is 7. The molecule has 0 atom stereocenters. The van der Waals surface area contributed by atoms with Crippen LogP contribution in [0, 0.1) is 0 Å². The first-order valence-electron chi connectivity index (χ1n) is 9.98. The van der Waals surface area contributed by atoms with E-state index in [9.17, 15) is 9.59 Å². The molecule has 0 bridgehead atoms. The van der Waals surface area contributed by atoms with Crippen molar-refractivity contribution in [2.24, 2.45) is 0 Å². The monoisotopic (exact) mass is 404 g/mol. The first-order chi connectivity index (χ1) is 14.1. The van der Waals surface area contributed by atoms with Gasteiger partial charge in [-0.2, -0.15) is 0 Å². The Morgan fingerprint density at radius 2 is 1.38 bits per heavy atom. The quantitative estimate of drug-likeness (QED) is 0.278. The largest absolute Gasteiger partial charge is 0.513 e. The van der Waals surface area contributed by atoms with Crippen LogP contribution in [0.2, 0.25) is 0 Å². The number of ether oxygens (including phenoxy) is 5. The van der Waals surface area contributed by atoms with Gasteiger partial charge in [0.25, 0.3) is 0 Å². The topological polar surface area (TPSA) is 80.3 Å². The molecule has 2 rings (SSSR count). The van der Waals surface area contributed by atoms with Crippen molar-refractivity contribution in [1.29, 1.82) is 0 Å². The SMILES string of the molecule is CCCCOC(=O)Oc1cc(OCC)c(OC(=O)OCCCC)c2ccccc12. The Balaban J connectivity index is 2.33. The lowest BCUT2D eigenvalue weighted by Gasteiger charge is -2.16. The van der Waals surface area contributed by atoms with Gasteiger partial charge in [0.15, 0.2) is 11.5 Å². The number of carbonyl (C=O) groups is 2. The van der Waals surface area contributed by atoms with Crippen LogP contribution in [0.3, 0.4) is 0 Å². The smallest absolute Gasteiger partial charge is 0.490 e. The van der Waals surface area contributed by atoms with E-state index in [1.54, 1.807) is 31.2 Å². The molecule has 2 aromatic rings. The highest BCUT2D eigenvalue weighted by molar-refractivity contribution is 5.97. The van der Waals surface area contributed by atoms with Gasteiger partial charge < -0.3 is 23.7 Å². The molecule has 2 aromatic carbocycles. The second kappa shape index (κ2) is 11.8. The summed E-state index contributed by atoms with van der Waals surface area (Å²) in [5, 5.41) is 1.14. The van der Waals surface area contributed by atoms with Gasteiger partial charge in [-0.25, -0.2) is 9.59 Å². The second-order valence-corrected chi connectivity index (χ2v) is 6.29. The number of hydrogen-bond donors (Lipinski definition) is 0. The second-order valence-electron chi connectivity index (χ2n) is 6.29. The number of carbonyl (C=O) groups excluding carboxylic acids is 2. The molecule has 0 spiro atoms. The Kier molecular flexibility index (Phi) is 9.08. The number of unbranched alkanes of at least 4 members (excludes halogenated alkanes) is 2. The van der Waals surface area contributed by atoms with Gasteiger partial charge in [0.1, 0.15) is 5.75 Å². The van der Waals surface area contributed by atoms with Crippen LogP contribution in [-0.4, -0.2) is 32.1 Å². The Morgan fingerprint density at radius 1 is 0.793 bits per heavy atom. The summed E-state index contributed by atoms with van der Waals surface area (Å²) in [4.78, 5) is 24.1. The van der Waals surface area contributed by atoms with E-state index in [1.165, 1.54) is 6.07 Å². The molecule has 0 N–H and O–H groups in total. The van der Waals surface area contributed by atoms with E-state index < -0.39 is 12.3 Å². The zero-order valence-electron chi connectivity index (χ0n) is 17.2. The highest BCUT2D eigenvalue weighted by Gasteiger charge is 2.20. The first kappa shape index (κ1) is 22.3. The fourth-order valence-electron chi connectivity index (χ4n) is 2.58. The van der Waals surface area contributed by atoms with E-state index >= 15 is 0 Å². The Bertz CT molecular complexity index is 816. The van der Waals surface area contributed by atoms with Crippen LogP contribution in [0.5, 0.6) is 17.2 Å². The molecule has 0 aliphatic heterocycles. The molecule has 0 heterocycles. The van der Waals surface area contributed by atoms with Crippen molar-refractivity contribution in [2.45, 2.75) is 46.5 Å². The molecule has 29 heavy (non-hydrogen) atoms. The number of rotatable bonds is 10. The van der Waals surface area contributed by atoms with E-state index in [0.717, 1.165) is 25.7 Å². The number of benzene rings is 2. The summed E-state index contributed by atoms with van der Waals surface area (Å²) >= 11 is 0. The van der Waals surface area contributed by atoms with Crippen molar-refractivity contribution in [3.05, 3.63) is 30.3 Å². The maximum atomic E-state index is 12.1. The number of fused-ring (bicyclic) bond motifs is 1. The molecule has 0 unspecified atom stereocenters. The zero-order chi connectivity index (χ0) is 21.1. The van der Waals surface area contributed by atoms with Crippen molar-refractivity contribution in [3.8, 4) is 17.2 Å². The molecular formula is C22H28O7. The molecule has 0 aliphatic rings. The van der Waals surface area contributed by atoms with Crippen molar-refractivity contribution < 1.29 is 33.3 Å². The molecule has 0 aromatic heterocycles. The van der Waals surface area contributed by atoms with Crippen LogP contribution in [-0.2, 0) is 9.47 Å². The molecule has 7 nitrogen and oxygen atoms in total. The fraction of sp³-hybridized carbons (Fsp3) is 0.455. The van der Waals surface area contributed by atoms with E-state index in [1.807, 2.05) is 13.8 Å². The molecule has 0 fully saturated rings. The summed E-state index contributed by atoms with van der Waals surface area (Å²) in [5.41, 5.74) is 0. The van der Waals surface area contributed by atoms with Gasteiger partial charge in [-0.15, -0.1) is 0 Å². The lowest BCUT2D eigenvalue weighted by atomic mass is 10.1. The minimum atomic E-state index is -0.808. The molecule has 7 heteroatoms. The summed E-state index contributed by atoms with van der Waals surface area (Å²) in [6.45, 7) is 6.71. The third-order valence-electron chi connectivity index (χ3n) is 4.04. The van der Waals surface area contributed by atoms with Crippen LogP contribution in [0.25, 0.3) is 10.8 Å². The van der Waals surface area contributed by atoms with Gasteiger partial charge in [-0.1, -0.05) is 51.0 Å². The van der Waals surface area contributed by atoms with Crippen molar-refractivity contribution in [2.75, 3.05) is 19.8 Å². The van der Waals surface area contributed by atoms with E-state index in [-0.39, 0.29) is 30.5 Å². The Labute approximate surface area is 170 Å². The van der Waals surface area contributed by atoms with Crippen LogP contribution >= 0.6 is 0 Å². The van der Waals surface area contributed by atoms with Gasteiger partial charge in [-0.05, 0) is 19.8 Å². The molecule has 0 aliphatic carbocycles. The maximum absolute atomic E-state index is 12.1. The van der Waals surface area contributed by atoms with Gasteiger partial charge in [-0.3, -0.25) is 0 Å². The molecule has 0 amide bonds. The third kappa shape index (κ3) is 6.55. The lowest BCUT2D eigenvalue weighted by molar-refractivity contribution is 0.0951. The average Bonchev–Trinajstić information content (AvgIpc) is 2.71. The van der Waals surface area contributed by atoms with E-state index in [4.69, 9.17) is 23.7 Å². The summed E-state index contributed by atoms with van der Waals surface area (Å²) < 4.78 is 26.6. The van der Waals surface area contributed by atoms with E-state index in [0.29, 0.717) is 17.4 Å². The van der Waals surface area contributed by atoms with Crippen LogP contribution < -0.4 is 14.2 Å². The van der Waals surface area contributed by atoms with Crippen LogP contribution in [0.4, 0.5) is 9.59 Å². The normalized spacial score (nSPS) is 10.4.